The third-order valence-electron chi connectivity index (χ3n) is 5.71. The number of anilines is 1. The van der Waals surface area contributed by atoms with Gasteiger partial charge in [0, 0.05) is 17.3 Å². The molecule has 1 aliphatic heterocycles. The normalized spacial score (nSPS) is 17.0. The lowest BCUT2D eigenvalue weighted by atomic mass is 9.95. The molecule has 1 unspecified atom stereocenters. The van der Waals surface area contributed by atoms with Crippen molar-refractivity contribution in [2.75, 3.05) is 18.6 Å². The maximum atomic E-state index is 13.3. The van der Waals surface area contributed by atoms with Crippen molar-refractivity contribution in [2.24, 2.45) is 0 Å². The second-order valence-corrected chi connectivity index (χ2v) is 8.47. The Morgan fingerprint density at radius 2 is 1.68 bits per heavy atom. The molecule has 4 rings (SSSR count). The first kappa shape index (κ1) is 26.9. The van der Waals surface area contributed by atoms with Crippen molar-refractivity contribution in [3.63, 3.8) is 0 Å². The zero-order valence-corrected chi connectivity index (χ0v) is 20.8. The number of carbonyl (C=O) groups is 2. The van der Waals surface area contributed by atoms with Gasteiger partial charge in [-0.05, 0) is 55.0 Å². The Morgan fingerprint density at radius 1 is 1.00 bits per heavy atom. The molecule has 3 aromatic carbocycles. The second-order valence-electron chi connectivity index (χ2n) is 8.06. The van der Waals surface area contributed by atoms with Gasteiger partial charge >= 0.3 is 6.36 Å². The molecule has 0 spiro atoms. The molecule has 38 heavy (non-hydrogen) atoms. The zero-order chi connectivity index (χ0) is 27.6. The molecular weight excluding hydrogens is 527 g/mol. The van der Waals surface area contributed by atoms with Crippen molar-refractivity contribution in [3.8, 4) is 17.2 Å². The molecule has 1 atom stereocenters. The molecule has 1 heterocycles. The summed E-state index contributed by atoms with van der Waals surface area (Å²) in [6.07, 6.45) is -4.97. The highest BCUT2D eigenvalue weighted by atomic mass is 35.5. The molecule has 0 bridgehead atoms. The molecule has 0 saturated carbocycles. The number of aliphatic hydroxyl groups is 1. The number of aliphatic hydroxyl groups excluding tert-OH is 1. The quantitative estimate of drug-likeness (QED) is 0.213. The molecule has 1 aliphatic rings. The van der Waals surface area contributed by atoms with Crippen LogP contribution in [0.3, 0.4) is 0 Å². The first-order chi connectivity index (χ1) is 18.0. The van der Waals surface area contributed by atoms with Gasteiger partial charge in [0.2, 0.25) is 0 Å². The predicted molar refractivity (Wildman–Crippen MR) is 134 cm³/mol. The highest BCUT2D eigenvalue weighted by molar-refractivity contribution is 6.52. The summed E-state index contributed by atoms with van der Waals surface area (Å²) >= 11 is 6.32. The smallest absolute Gasteiger partial charge is 0.507 e. The Kier molecular flexibility index (Phi) is 7.54. The van der Waals surface area contributed by atoms with Crippen LogP contribution in [-0.2, 0) is 9.59 Å². The van der Waals surface area contributed by atoms with Gasteiger partial charge in [-0.1, -0.05) is 29.8 Å². The monoisotopic (exact) mass is 547 g/mol. The van der Waals surface area contributed by atoms with Gasteiger partial charge < -0.3 is 19.3 Å². The van der Waals surface area contributed by atoms with E-state index >= 15 is 0 Å². The summed E-state index contributed by atoms with van der Waals surface area (Å²) in [5, 5.41) is 11.4. The Bertz CT molecular complexity index is 1400. The van der Waals surface area contributed by atoms with Crippen molar-refractivity contribution in [3.05, 3.63) is 88.5 Å². The van der Waals surface area contributed by atoms with Gasteiger partial charge in [-0.15, -0.1) is 13.2 Å². The average molecular weight is 548 g/mol. The van der Waals surface area contributed by atoms with Gasteiger partial charge in [0.15, 0.2) is 0 Å². The van der Waals surface area contributed by atoms with Crippen LogP contribution in [0.25, 0.3) is 5.76 Å². The number of Topliss-reactive ketones (excluding diaryl/α,β-unsaturated/α-hetero) is 1. The number of methoxy groups -OCH3 is 1. The standard InChI is InChI=1S/C27H21ClF3NO6/c1-3-37-18-11-12-21(28)20(14-18)24(33)22-23(15-7-9-17(36-2)10-8-15)32(26(35)25(22)34)16-5-4-6-19(13-16)38-27(29,30)31/h4-14,23,33H,3H2,1-2H3/b24-22+. The summed E-state index contributed by atoms with van der Waals surface area (Å²) < 4.78 is 53.2. The number of ether oxygens (including phenoxy) is 3. The third kappa shape index (κ3) is 5.40. The van der Waals surface area contributed by atoms with Gasteiger partial charge in [-0.3, -0.25) is 14.5 Å². The lowest BCUT2D eigenvalue weighted by molar-refractivity contribution is -0.274. The summed E-state index contributed by atoms with van der Waals surface area (Å²) in [4.78, 5) is 27.6. The summed E-state index contributed by atoms with van der Waals surface area (Å²) in [5.41, 5.74) is 0.0646. The van der Waals surface area contributed by atoms with Gasteiger partial charge in [0.25, 0.3) is 11.7 Å². The number of hydrogen-bond donors (Lipinski definition) is 1. The summed E-state index contributed by atoms with van der Waals surface area (Å²) in [6, 6.07) is 14.2. The van der Waals surface area contributed by atoms with Crippen LogP contribution in [-0.4, -0.2) is 36.9 Å². The molecule has 1 saturated heterocycles. The van der Waals surface area contributed by atoms with E-state index in [4.69, 9.17) is 21.1 Å². The topological polar surface area (TPSA) is 85.3 Å². The van der Waals surface area contributed by atoms with Gasteiger partial charge in [0.05, 0.1) is 30.4 Å². The van der Waals surface area contributed by atoms with Crippen LogP contribution in [0.2, 0.25) is 5.02 Å². The highest BCUT2D eigenvalue weighted by Gasteiger charge is 2.47. The maximum Gasteiger partial charge on any atom is 0.573 e. The van der Waals surface area contributed by atoms with E-state index in [1.54, 1.807) is 37.3 Å². The number of halogens is 4. The molecule has 1 N–H and O–H groups in total. The first-order valence-corrected chi connectivity index (χ1v) is 11.6. The van der Waals surface area contributed by atoms with Gasteiger partial charge in [0.1, 0.15) is 23.0 Å². The van der Waals surface area contributed by atoms with E-state index in [-0.39, 0.29) is 21.8 Å². The highest BCUT2D eigenvalue weighted by Crippen LogP contribution is 2.44. The molecule has 1 amide bonds. The average Bonchev–Trinajstić information content (AvgIpc) is 3.14. The first-order valence-electron chi connectivity index (χ1n) is 11.3. The zero-order valence-electron chi connectivity index (χ0n) is 20.1. The number of amides is 1. The predicted octanol–water partition coefficient (Wildman–Crippen LogP) is 6.27. The molecule has 7 nitrogen and oxygen atoms in total. The van der Waals surface area contributed by atoms with Crippen LogP contribution in [0.4, 0.5) is 18.9 Å². The van der Waals surface area contributed by atoms with Crippen molar-refractivity contribution in [2.45, 2.75) is 19.3 Å². The Labute approximate surface area is 220 Å². The number of nitrogens with zero attached hydrogens (tertiary/aromatic N) is 1. The van der Waals surface area contributed by atoms with Crippen LogP contribution in [0.5, 0.6) is 17.2 Å². The summed E-state index contributed by atoms with van der Waals surface area (Å²) in [7, 11) is 1.46. The molecule has 0 aliphatic carbocycles. The number of benzene rings is 3. The SMILES string of the molecule is CCOc1ccc(Cl)c(/C(O)=C2\C(=O)C(=O)N(c3cccc(OC(F)(F)F)c3)C2c2ccc(OC)cc2)c1. The summed E-state index contributed by atoms with van der Waals surface area (Å²) in [6.45, 7) is 2.09. The van der Waals surface area contributed by atoms with E-state index in [1.807, 2.05) is 0 Å². The minimum absolute atomic E-state index is 0.0447. The maximum absolute atomic E-state index is 13.3. The number of rotatable bonds is 7. The fourth-order valence-corrected chi connectivity index (χ4v) is 4.33. The third-order valence-corrected chi connectivity index (χ3v) is 6.04. The van der Waals surface area contributed by atoms with E-state index in [1.165, 1.54) is 31.4 Å². The van der Waals surface area contributed by atoms with Gasteiger partial charge in [-0.2, -0.15) is 0 Å². The van der Waals surface area contributed by atoms with E-state index in [0.717, 1.165) is 17.0 Å². The molecule has 0 radical (unpaired) electrons. The Balaban J connectivity index is 1.92. The van der Waals surface area contributed by atoms with E-state index in [9.17, 15) is 27.9 Å². The number of hydrogen-bond acceptors (Lipinski definition) is 6. The van der Waals surface area contributed by atoms with Crippen molar-refractivity contribution in [1.82, 2.24) is 0 Å². The largest absolute Gasteiger partial charge is 0.573 e. The van der Waals surface area contributed by atoms with Crippen LogP contribution in [0.15, 0.2) is 72.3 Å². The molecule has 3 aromatic rings. The lowest BCUT2D eigenvalue weighted by Crippen LogP contribution is -2.29. The van der Waals surface area contributed by atoms with E-state index in [0.29, 0.717) is 23.7 Å². The molecule has 11 heteroatoms. The van der Waals surface area contributed by atoms with Crippen molar-refractivity contribution in [1.29, 1.82) is 0 Å². The lowest BCUT2D eigenvalue weighted by Gasteiger charge is -2.26. The fourth-order valence-electron chi connectivity index (χ4n) is 4.12. The van der Waals surface area contributed by atoms with E-state index in [2.05, 4.69) is 4.74 Å². The van der Waals surface area contributed by atoms with Gasteiger partial charge in [-0.25, -0.2) is 0 Å². The van der Waals surface area contributed by atoms with Crippen LogP contribution >= 0.6 is 11.6 Å². The second kappa shape index (κ2) is 10.7. The van der Waals surface area contributed by atoms with Crippen molar-refractivity contribution < 1.29 is 42.1 Å². The minimum Gasteiger partial charge on any atom is -0.507 e. The summed E-state index contributed by atoms with van der Waals surface area (Å²) in [5.74, 6) is -2.42. The minimum atomic E-state index is -4.97. The van der Waals surface area contributed by atoms with Crippen molar-refractivity contribution >= 4 is 34.7 Å². The van der Waals surface area contributed by atoms with Crippen LogP contribution in [0.1, 0.15) is 24.1 Å². The molecule has 198 valence electrons. The Morgan fingerprint density at radius 3 is 2.32 bits per heavy atom. The van der Waals surface area contributed by atoms with E-state index < -0.39 is 35.6 Å². The molecular formula is C27H21ClF3NO6. The number of carbonyl (C=O) groups excluding carboxylic acids is 2. The number of ketones is 1. The number of alkyl halides is 3. The van der Waals surface area contributed by atoms with Crippen LogP contribution < -0.4 is 19.1 Å². The van der Waals surface area contributed by atoms with Crippen LogP contribution in [0, 0.1) is 0 Å². The molecule has 0 aromatic heterocycles. The molecule has 1 fully saturated rings. The fraction of sp³-hybridized carbons (Fsp3) is 0.185. The Hall–Kier alpha value is -4.18.